The number of aromatic amines is 1. The number of nitrogens with one attached hydrogen (secondary N) is 1. The van der Waals surface area contributed by atoms with Crippen molar-refractivity contribution < 1.29 is 23.6 Å². The van der Waals surface area contributed by atoms with Crippen LogP contribution in [0.3, 0.4) is 0 Å². The molecule has 0 saturated carbocycles. The number of nitrogens with zero attached hydrogens (tertiary/aromatic N) is 1. The summed E-state index contributed by atoms with van der Waals surface area (Å²) >= 11 is 0. The molecule has 3 aromatic rings. The Labute approximate surface area is 151 Å². The van der Waals surface area contributed by atoms with E-state index in [0.717, 1.165) is 0 Å². The van der Waals surface area contributed by atoms with Crippen molar-refractivity contribution in [2.24, 2.45) is 0 Å². The normalized spacial score (nSPS) is 14.1. The van der Waals surface area contributed by atoms with Crippen LogP contribution in [-0.4, -0.2) is 21.8 Å². The summed E-state index contributed by atoms with van der Waals surface area (Å²) in [7, 11) is 0. The molecule has 0 aliphatic carbocycles. The van der Waals surface area contributed by atoms with Crippen molar-refractivity contribution >= 4 is 39.7 Å². The fourth-order valence-electron chi connectivity index (χ4n) is 3.28. The Balaban J connectivity index is 2.05. The number of rotatable bonds is 3. The maximum absolute atomic E-state index is 13.8. The lowest BCUT2D eigenvalue weighted by atomic mass is 9.94. The smallest absolute Gasteiger partial charge is 0.347 e. The van der Waals surface area contributed by atoms with E-state index in [9.17, 15) is 24.1 Å². The van der Waals surface area contributed by atoms with Crippen molar-refractivity contribution in [3.8, 4) is 0 Å². The van der Waals surface area contributed by atoms with Crippen LogP contribution in [0, 0.1) is 22.9 Å². The first kappa shape index (κ1) is 16.6. The summed E-state index contributed by atoms with van der Waals surface area (Å²) in [6.07, 6.45) is 0. The molecule has 1 aliphatic heterocycles. The minimum Gasteiger partial charge on any atom is -0.386 e. The highest BCUT2D eigenvalue weighted by Gasteiger charge is 2.37. The number of esters is 2. The number of aromatic nitrogens is 1. The van der Waals surface area contributed by atoms with Crippen molar-refractivity contribution in [1.82, 2.24) is 4.98 Å². The van der Waals surface area contributed by atoms with E-state index in [1.165, 1.54) is 42.5 Å². The zero-order valence-corrected chi connectivity index (χ0v) is 13.9. The zero-order valence-electron chi connectivity index (χ0n) is 13.9. The van der Waals surface area contributed by atoms with Crippen LogP contribution >= 0.6 is 0 Å². The molecule has 0 bridgehead atoms. The number of cyclic esters (lactones) is 2. The predicted molar refractivity (Wildman–Crippen MR) is 94.0 cm³/mol. The highest BCUT2D eigenvalue weighted by atomic mass is 19.1. The van der Waals surface area contributed by atoms with Gasteiger partial charge in [-0.1, -0.05) is 12.1 Å². The number of ether oxygens (including phenoxy) is 1. The van der Waals surface area contributed by atoms with E-state index in [1.807, 2.05) is 0 Å². The number of nitro groups is 1. The number of hydrogen-bond donors (Lipinski definition) is 1. The molecule has 1 aliphatic rings. The van der Waals surface area contributed by atoms with Gasteiger partial charge < -0.3 is 9.72 Å². The van der Waals surface area contributed by atoms with Crippen LogP contribution in [0.2, 0.25) is 0 Å². The second-order valence-electron chi connectivity index (χ2n) is 6.05. The summed E-state index contributed by atoms with van der Waals surface area (Å²) < 4.78 is 18.5. The average molecular weight is 366 g/mol. The SMILES string of the molecule is Cc1[nH]c2ccc(F)cc2c1C1=C(c2cccc([N+](=O)[O-])c2)C(=O)OC1=O. The molecule has 27 heavy (non-hydrogen) atoms. The third-order valence-electron chi connectivity index (χ3n) is 4.39. The number of hydrogen-bond acceptors (Lipinski definition) is 5. The van der Waals surface area contributed by atoms with Crippen LogP contribution in [0.1, 0.15) is 16.8 Å². The molecule has 0 spiro atoms. The molecule has 0 amide bonds. The second-order valence-corrected chi connectivity index (χ2v) is 6.05. The van der Waals surface area contributed by atoms with Gasteiger partial charge in [0.2, 0.25) is 0 Å². The second kappa shape index (κ2) is 5.87. The van der Waals surface area contributed by atoms with Gasteiger partial charge in [0.05, 0.1) is 16.1 Å². The molecule has 4 rings (SSSR count). The lowest BCUT2D eigenvalue weighted by Crippen LogP contribution is -2.02. The number of carbonyl (C=O) groups excluding carboxylic acids is 2. The summed E-state index contributed by atoms with van der Waals surface area (Å²) in [6.45, 7) is 1.68. The van der Waals surface area contributed by atoms with Crippen molar-refractivity contribution in [3.05, 3.63) is 75.2 Å². The highest BCUT2D eigenvalue weighted by molar-refractivity contribution is 6.46. The van der Waals surface area contributed by atoms with Crippen LogP contribution in [-0.2, 0) is 14.3 Å². The topological polar surface area (TPSA) is 102 Å². The molecule has 0 fully saturated rings. The third kappa shape index (κ3) is 2.58. The van der Waals surface area contributed by atoms with Gasteiger partial charge in [0.25, 0.3) is 5.69 Å². The number of halogens is 1. The van der Waals surface area contributed by atoms with E-state index in [2.05, 4.69) is 4.98 Å². The van der Waals surface area contributed by atoms with E-state index in [0.29, 0.717) is 22.2 Å². The Hall–Kier alpha value is -3.81. The third-order valence-corrected chi connectivity index (χ3v) is 4.39. The number of benzene rings is 2. The Morgan fingerprint density at radius 2 is 1.81 bits per heavy atom. The monoisotopic (exact) mass is 366 g/mol. The number of aryl methyl sites for hydroxylation is 1. The summed E-state index contributed by atoms with van der Waals surface area (Å²) in [5, 5.41) is 11.5. The number of non-ortho nitro benzene ring substituents is 1. The van der Waals surface area contributed by atoms with Crippen molar-refractivity contribution in [2.45, 2.75) is 6.92 Å². The van der Waals surface area contributed by atoms with Gasteiger partial charge in [-0.05, 0) is 30.7 Å². The van der Waals surface area contributed by atoms with Crippen LogP contribution in [0.5, 0.6) is 0 Å². The van der Waals surface area contributed by atoms with E-state index in [-0.39, 0.29) is 22.4 Å². The first-order valence-corrected chi connectivity index (χ1v) is 7.90. The average Bonchev–Trinajstić information content (AvgIpc) is 3.09. The molecule has 7 nitrogen and oxygen atoms in total. The molecule has 1 aromatic heterocycles. The van der Waals surface area contributed by atoms with Crippen LogP contribution in [0.25, 0.3) is 22.0 Å². The largest absolute Gasteiger partial charge is 0.386 e. The van der Waals surface area contributed by atoms with Gasteiger partial charge in [-0.15, -0.1) is 0 Å². The molecule has 2 aromatic carbocycles. The number of nitro benzene ring substituents is 1. The Morgan fingerprint density at radius 3 is 2.56 bits per heavy atom. The van der Waals surface area contributed by atoms with Gasteiger partial charge in [0, 0.05) is 34.3 Å². The fraction of sp³-hybridized carbons (Fsp3) is 0.0526. The lowest BCUT2D eigenvalue weighted by molar-refractivity contribution is -0.384. The molecule has 2 heterocycles. The maximum Gasteiger partial charge on any atom is 0.347 e. The minimum atomic E-state index is -0.902. The maximum atomic E-state index is 13.8. The molecular formula is C19H11FN2O5. The van der Waals surface area contributed by atoms with Gasteiger partial charge >= 0.3 is 11.9 Å². The molecule has 0 saturated heterocycles. The van der Waals surface area contributed by atoms with Gasteiger partial charge in [-0.2, -0.15) is 0 Å². The Kier molecular flexibility index (Phi) is 3.62. The van der Waals surface area contributed by atoms with E-state index in [1.54, 1.807) is 6.92 Å². The van der Waals surface area contributed by atoms with Crippen molar-refractivity contribution in [1.29, 1.82) is 0 Å². The predicted octanol–water partition coefficient (Wildman–Crippen LogP) is 3.52. The summed E-state index contributed by atoms with van der Waals surface area (Å²) in [6, 6.07) is 9.41. The zero-order chi connectivity index (χ0) is 19.3. The number of fused-ring (bicyclic) bond motifs is 1. The van der Waals surface area contributed by atoms with Crippen LogP contribution in [0.15, 0.2) is 42.5 Å². The number of H-pyrrole nitrogens is 1. The fourth-order valence-corrected chi connectivity index (χ4v) is 3.28. The molecule has 0 unspecified atom stereocenters. The number of carbonyl (C=O) groups is 2. The standard InChI is InChI=1S/C19H11FN2O5/c1-9-15(13-8-11(20)5-6-14(13)21-9)17-16(18(23)27-19(17)24)10-3-2-4-12(7-10)22(25)26/h2-8,21H,1H3. The Bertz CT molecular complexity index is 1190. The summed E-state index contributed by atoms with van der Waals surface area (Å²) in [5.74, 6) is -2.28. The highest BCUT2D eigenvalue weighted by Crippen LogP contribution is 2.39. The molecular weight excluding hydrogens is 355 g/mol. The van der Waals surface area contributed by atoms with Crippen molar-refractivity contribution in [2.75, 3.05) is 0 Å². The van der Waals surface area contributed by atoms with Crippen LogP contribution in [0.4, 0.5) is 10.1 Å². The minimum absolute atomic E-state index is 0.0464. The van der Waals surface area contributed by atoms with Gasteiger partial charge in [-0.25, -0.2) is 14.0 Å². The summed E-state index contributed by atoms with van der Waals surface area (Å²) in [4.78, 5) is 38.2. The Morgan fingerprint density at radius 1 is 1.07 bits per heavy atom. The molecule has 0 radical (unpaired) electrons. The molecule has 8 heteroatoms. The molecule has 0 atom stereocenters. The van der Waals surface area contributed by atoms with E-state index < -0.39 is 22.7 Å². The van der Waals surface area contributed by atoms with Gasteiger partial charge in [-0.3, -0.25) is 10.1 Å². The van der Waals surface area contributed by atoms with Crippen LogP contribution < -0.4 is 0 Å². The van der Waals surface area contributed by atoms with Gasteiger partial charge in [0.15, 0.2) is 0 Å². The quantitative estimate of drug-likeness (QED) is 0.331. The molecule has 134 valence electrons. The summed E-state index contributed by atoms with van der Waals surface area (Å²) in [5.41, 5.74) is 1.28. The van der Waals surface area contributed by atoms with Crippen molar-refractivity contribution in [3.63, 3.8) is 0 Å². The lowest BCUT2D eigenvalue weighted by Gasteiger charge is -2.04. The van der Waals surface area contributed by atoms with E-state index in [4.69, 9.17) is 4.74 Å². The van der Waals surface area contributed by atoms with Gasteiger partial charge in [0.1, 0.15) is 5.82 Å². The van der Waals surface area contributed by atoms with E-state index >= 15 is 0 Å². The first-order valence-electron chi connectivity index (χ1n) is 7.90. The first-order chi connectivity index (χ1) is 12.9. The molecule has 1 N–H and O–H groups in total.